The van der Waals surface area contributed by atoms with E-state index in [-0.39, 0.29) is 12.4 Å². The summed E-state index contributed by atoms with van der Waals surface area (Å²) in [6.45, 7) is 1.50. The number of halogens is 1. The number of nitrogens with one attached hydrogen (secondary N) is 1. The molecule has 0 atom stereocenters. The molecule has 0 fully saturated rings. The van der Waals surface area contributed by atoms with Crippen LogP contribution in [0.5, 0.6) is 5.75 Å². The Hall–Kier alpha value is -1.40. The van der Waals surface area contributed by atoms with Crippen molar-refractivity contribution in [3.63, 3.8) is 0 Å². The van der Waals surface area contributed by atoms with Crippen molar-refractivity contribution in [3.8, 4) is 11.8 Å². The van der Waals surface area contributed by atoms with E-state index >= 15 is 0 Å². The number of ether oxygens (including phenoxy) is 1. The van der Waals surface area contributed by atoms with Crippen LogP contribution in [0.1, 0.15) is 5.56 Å². The summed E-state index contributed by atoms with van der Waals surface area (Å²) in [5, 5.41) is 11.8. The summed E-state index contributed by atoms with van der Waals surface area (Å²) < 4.78 is 5.35. The molecule has 1 aromatic carbocycles. The molecule has 1 aliphatic heterocycles. The SMILES string of the molecule is Cl.N#Cc1ccc2c(c1)NCCO2. The molecule has 0 saturated carbocycles. The van der Waals surface area contributed by atoms with Gasteiger partial charge in [-0.1, -0.05) is 0 Å². The third kappa shape index (κ3) is 1.85. The smallest absolute Gasteiger partial charge is 0.142 e. The topological polar surface area (TPSA) is 45.0 Å². The van der Waals surface area contributed by atoms with Gasteiger partial charge in [0.15, 0.2) is 0 Å². The first-order valence-electron chi connectivity index (χ1n) is 3.81. The first-order valence-corrected chi connectivity index (χ1v) is 3.81. The van der Waals surface area contributed by atoms with Crippen molar-refractivity contribution in [3.05, 3.63) is 23.8 Å². The third-order valence-electron chi connectivity index (χ3n) is 1.78. The van der Waals surface area contributed by atoms with Crippen LogP contribution < -0.4 is 10.1 Å². The zero-order chi connectivity index (χ0) is 8.39. The lowest BCUT2D eigenvalue weighted by Crippen LogP contribution is -2.17. The fourth-order valence-electron chi connectivity index (χ4n) is 1.21. The number of fused-ring (bicyclic) bond motifs is 1. The second-order valence-corrected chi connectivity index (χ2v) is 2.60. The second kappa shape index (κ2) is 4.01. The number of rotatable bonds is 0. The van der Waals surface area contributed by atoms with Gasteiger partial charge in [-0.2, -0.15) is 5.26 Å². The van der Waals surface area contributed by atoms with Gasteiger partial charge in [-0.3, -0.25) is 0 Å². The molecule has 0 radical (unpaired) electrons. The highest BCUT2D eigenvalue weighted by atomic mass is 35.5. The van der Waals surface area contributed by atoms with Crippen molar-refractivity contribution in [1.82, 2.24) is 0 Å². The molecule has 2 rings (SSSR count). The molecule has 1 N–H and O–H groups in total. The average Bonchev–Trinajstić information content (AvgIpc) is 2.17. The van der Waals surface area contributed by atoms with Gasteiger partial charge < -0.3 is 10.1 Å². The lowest BCUT2D eigenvalue weighted by atomic mass is 10.2. The van der Waals surface area contributed by atoms with Crippen molar-refractivity contribution in [2.45, 2.75) is 0 Å². The minimum Gasteiger partial charge on any atom is -0.490 e. The summed E-state index contributed by atoms with van der Waals surface area (Å²) in [6, 6.07) is 7.46. The number of hydrogen-bond donors (Lipinski definition) is 1. The van der Waals surface area contributed by atoms with Crippen LogP contribution in [0, 0.1) is 11.3 Å². The average molecular weight is 197 g/mol. The van der Waals surface area contributed by atoms with Crippen LogP contribution in [-0.2, 0) is 0 Å². The fraction of sp³-hybridized carbons (Fsp3) is 0.222. The Morgan fingerprint density at radius 3 is 3.08 bits per heavy atom. The first-order chi connectivity index (χ1) is 5.90. The molecule has 0 amide bonds. The zero-order valence-corrected chi connectivity index (χ0v) is 7.73. The van der Waals surface area contributed by atoms with Gasteiger partial charge in [0.2, 0.25) is 0 Å². The monoisotopic (exact) mass is 196 g/mol. The highest BCUT2D eigenvalue weighted by Crippen LogP contribution is 2.27. The van der Waals surface area contributed by atoms with Crippen LogP contribution >= 0.6 is 12.4 Å². The van der Waals surface area contributed by atoms with Crippen LogP contribution in [0.15, 0.2) is 18.2 Å². The van der Waals surface area contributed by atoms with Gasteiger partial charge in [-0.25, -0.2) is 0 Å². The van der Waals surface area contributed by atoms with E-state index in [0.717, 1.165) is 18.0 Å². The van der Waals surface area contributed by atoms with E-state index in [1.54, 1.807) is 12.1 Å². The van der Waals surface area contributed by atoms with Crippen molar-refractivity contribution >= 4 is 18.1 Å². The van der Waals surface area contributed by atoms with Crippen LogP contribution in [-0.4, -0.2) is 13.2 Å². The van der Waals surface area contributed by atoms with Crippen LogP contribution in [0.4, 0.5) is 5.69 Å². The molecule has 4 heteroatoms. The van der Waals surface area contributed by atoms with Gasteiger partial charge in [0.1, 0.15) is 12.4 Å². The summed E-state index contributed by atoms with van der Waals surface area (Å²) in [7, 11) is 0. The summed E-state index contributed by atoms with van der Waals surface area (Å²) in [6.07, 6.45) is 0. The lowest BCUT2D eigenvalue weighted by molar-refractivity contribution is 0.323. The maximum Gasteiger partial charge on any atom is 0.142 e. The Morgan fingerprint density at radius 1 is 1.46 bits per heavy atom. The van der Waals surface area contributed by atoms with Crippen molar-refractivity contribution in [2.75, 3.05) is 18.5 Å². The van der Waals surface area contributed by atoms with Crippen molar-refractivity contribution in [2.24, 2.45) is 0 Å². The van der Waals surface area contributed by atoms with Gasteiger partial charge in [0, 0.05) is 6.54 Å². The minimum atomic E-state index is 0. The number of nitriles is 1. The standard InChI is InChI=1S/C9H8N2O.ClH/c10-6-7-1-2-9-8(5-7)11-3-4-12-9;/h1-2,5,11H,3-4H2;1H. The summed E-state index contributed by atoms with van der Waals surface area (Å²) >= 11 is 0. The van der Waals surface area contributed by atoms with Crippen molar-refractivity contribution in [1.29, 1.82) is 5.26 Å². The maximum atomic E-state index is 8.62. The van der Waals surface area contributed by atoms with Gasteiger partial charge in [0.05, 0.1) is 17.3 Å². The molecule has 0 bridgehead atoms. The highest BCUT2D eigenvalue weighted by molar-refractivity contribution is 5.85. The van der Waals surface area contributed by atoms with E-state index in [1.165, 1.54) is 0 Å². The molecule has 1 aromatic rings. The normalized spacial score (nSPS) is 12.5. The Morgan fingerprint density at radius 2 is 2.31 bits per heavy atom. The van der Waals surface area contributed by atoms with E-state index in [0.29, 0.717) is 12.2 Å². The zero-order valence-electron chi connectivity index (χ0n) is 6.91. The van der Waals surface area contributed by atoms with Gasteiger partial charge in [0.25, 0.3) is 0 Å². The highest BCUT2D eigenvalue weighted by Gasteiger charge is 2.08. The Bertz CT molecular complexity index is 346. The molecule has 0 spiro atoms. The molecule has 1 aliphatic rings. The Labute approximate surface area is 82.7 Å². The number of hydrogen-bond acceptors (Lipinski definition) is 3. The molecular weight excluding hydrogens is 188 g/mol. The van der Waals surface area contributed by atoms with Gasteiger partial charge in [-0.15, -0.1) is 12.4 Å². The number of benzene rings is 1. The quantitative estimate of drug-likeness (QED) is 0.688. The van der Waals surface area contributed by atoms with E-state index in [4.69, 9.17) is 10.00 Å². The Balaban J connectivity index is 0.000000845. The first kappa shape index (κ1) is 9.69. The van der Waals surface area contributed by atoms with Crippen LogP contribution in [0.25, 0.3) is 0 Å². The number of anilines is 1. The van der Waals surface area contributed by atoms with E-state index in [1.807, 2.05) is 6.07 Å². The number of nitrogens with zero attached hydrogens (tertiary/aromatic N) is 1. The molecule has 0 saturated heterocycles. The molecule has 0 aliphatic carbocycles. The maximum absolute atomic E-state index is 8.62. The molecule has 3 nitrogen and oxygen atoms in total. The molecule has 13 heavy (non-hydrogen) atoms. The summed E-state index contributed by atoms with van der Waals surface area (Å²) in [4.78, 5) is 0. The minimum absolute atomic E-state index is 0. The van der Waals surface area contributed by atoms with Crippen molar-refractivity contribution < 1.29 is 4.74 Å². The molecule has 68 valence electrons. The second-order valence-electron chi connectivity index (χ2n) is 2.60. The summed E-state index contributed by atoms with van der Waals surface area (Å²) in [5.41, 5.74) is 1.58. The molecular formula is C9H9ClN2O. The lowest BCUT2D eigenvalue weighted by Gasteiger charge is -2.18. The largest absolute Gasteiger partial charge is 0.490 e. The van der Waals surface area contributed by atoms with Crippen LogP contribution in [0.3, 0.4) is 0 Å². The van der Waals surface area contributed by atoms with E-state index in [9.17, 15) is 0 Å². The summed E-state index contributed by atoms with van der Waals surface area (Å²) in [5.74, 6) is 0.834. The third-order valence-corrected chi connectivity index (χ3v) is 1.78. The molecule has 0 unspecified atom stereocenters. The van der Waals surface area contributed by atoms with E-state index in [2.05, 4.69) is 11.4 Å². The van der Waals surface area contributed by atoms with Gasteiger partial charge >= 0.3 is 0 Å². The molecule has 1 heterocycles. The Kier molecular flexibility index (Phi) is 2.99. The van der Waals surface area contributed by atoms with E-state index < -0.39 is 0 Å². The predicted molar refractivity (Wildman–Crippen MR) is 52.4 cm³/mol. The fourth-order valence-corrected chi connectivity index (χ4v) is 1.21. The van der Waals surface area contributed by atoms with Crippen LogP contribution in [0.2, 0.25) is 0 Å². The predicted octanol–water partition coefficient (Wildman–Crippen LogP) is 1.78. The van der Waals surface area contributed by atoms with Gasteiger partial charge in [-0.05, 0) is 18.2 Å². The molecule has 0 aromatic heterocycles.